The lowest BCUT2D eigenvalue weighted by molar-refractivity contribution is 0.251. The van der Waals surface area contributed by atoms with Crippen molar-refractivity contribution in [2.24, 2.45) is 0 Å². The topological polar surface area (TPSA) is 28.2 Å². The summed E-state index contributed by atoms with van der Waals surface area (Å²) in [5, 5.41) is 3.36. The zero-order valence-electron chi connectivity index (χ0n) is 8.16. The van der Waals surface area contributed by atoms with Gasteiger partial charge in [0.15, 0.2) is 4.47 Å². The van der Waals surface area contributed by atoms with E-state index in [0.29, 0.717) is 10.5 Å². The summed E-state index contributed by atoms with van der Waals surface area (Å²) < 4.78 is 0.637. The van der Waals surface area contributed by atoms with Crippen LogP contribution in [0.25, 0.3) is 0 Å². The summed E-state index contributed by atoms with van der Waals surface area (Å²) in [6, 6.07) is 0.663. The van der Waals surface area contributed by atoms with Crippen LogP contribution in [0.3, 0.4) is 0 Å². The number of aromatic nitrogens is 1. The summed E-state index contributed by atoms with van der Waals surface area (Å²) in [7, 11) is 2.16. The van der Waals surface area contributed by atoms with E-state index in [1.807, 2.05) is 6.20 Å². The highest BCUT2D eigenvalue weighted by molar-refractivity contribution is 7.15. The van der Waals surface area contributed by atoms with Gasteiger partial charge in [0.05, 0.1) is 0 Å². The van der Waals surface area contributed by atoms with E-state index in [1.54, 1.807) is 11.3 Å². The highest BCUT2D eigenvalue weighted by Gasteiger charge is 2.19. The summed E-state index contributed by atoms with van der Waals surface area (Å²) in [5.41, 5.74) is 0. The summed E-state index contributed by atoms with van der Waals surface area (Å²) in [6.07, 6.45) is 3.11. The van der Waals surface area contributed by atoms with Gasteiger partial charge in [-0.15, -0.1) is 11.3 Å². The largest absolute Gasteiger partial charge is 0.315 e. The fourth-order valence-corrected chi connectivity index (χ4v) is 2.79. The molecular weight excluding hydrogens is 218 g/mol. The van der Waals surface area contributed by atoms with Crippen LogP contribution in [0.1, 0.15) is 11.3 Å². The van der Waals surface area contributed by atoms with E-state index in [9.17, 15) is 0 Å². The first-order valence-corrected chi connectivity index (χ1v) is 5.96. The third-order valence-corrected chi connectivity index (χ3v) is 3.69. The van der Waals surface area contributed by atoms with Gasteiger partial charge < -0.3 is 5.32 Å². The maximum Gasteiger partial charge on any atom is 0.183 e. The van der Waals surface area contributed by atoms with E-state index < -0.39 is 0 Å². The third-order valence-electron chi connectivity index (χ3n) is 2.59. The predicted octanol–water partition coefficient (Wildman–Crippen LogP) is 1.59. The number of thiazole rings is 1. The molecule has 0 bridgehead atoms. The molecule has 2 rings (SSSR count). The Labute approximate surface area is 93.1 Å². The zero-order chi connectivity index (χ0) is 9.97. The van der Waals surface area contributed by atoms with Crippen molar-refractivity contribution >= 4 is 22.9 Å². The van der Waals surface area contributed by atoms with Crippen LogP contribution in [-0.2, 0) is 6.54 Å². The maximum absolute atomic E-state index is 5.78. The average molecular weight is 232 g/mol. The molecule has 0 amide bonds. The molecule has 14 heavy (non-hydrogen) atoms. The minimum absolute atomic E-state index is 0.637. The minimum Gasteiger partial charge on any atom is -0.315 e. The second-order valence-electron chi connectivity index (χ2n) is 3.64. The molecule has 1 aromatic heterocycles. The van der Waals surface area contributed by atoms with Crippen molar-refractivity contribution in [1.29, 1.82) is 0 Å². The van der Waals surface area contributed by atoms with Crippen molar-refractivity contribution in [2.45, 2.75) is 19.0 Å². The molecule has 3 nitrogen and oxygen atoms in total. The van der Waals surface area contributed by atoms with E-state index in [1.165, 1.54) is 11.3 Å². The van der Waals surface area contributed by atoms with Gasteiger partial charge in [-0.1, -0.05) is 11.6 Å². The van der Waals surface area contributed by atoms with Gasteiger partial charge in [-0.05, 0) is 20.0 Å². The molecule has 1 atom stereocenters. The van der Waals surface area contributed by atoms with Crippen molar-refractivity contribution < 1.29 is 0 Å². The Morgan fingerprint density at radius 1 is 1.79 bits per heavy atom. The monoisotopic (exact) mass is 231 g/mol. The van der Waals surface area contributed by atoms with Gasteiger partial charge in [-0.2, -0.15) is 0 Å². The van der Waals surface area contributed by atoms with E-state index in [-0.39, 0.29) is 0 Å². The Morgan fingerprint density at radius 2 is 2.64 bits per heavy atom. The molecule has 2 heterocycles. The van der Waals surface area contributed by atoms with Gasteiger partial charge in [0, 0.05) is 30.2 Å². The molecule has 0 saturated carbocycles. The van der Waals surface area contributed by atoms with E-state index >= 15 is 0 Å². The van der Waals surface area contributed by atoms with Gasteiger partial charge in [-0.3, -0.25) is 4.90 Å². The van der Waals surface area contributed by atoms with Crippen LogP contribution < -0.4 is 5.32 Å². The molecular formula is C9H14ClN3S. The van der Waals surface area contributed by atoms with Crippen molar-refractivity contribution in [2.75, 3.05) is 20.1 Å². The number of nitrogens with zero attached hydrogens (tertiary/aromatic N) is 2. The van der Waals surface area contributed by atoms with Gasteiger partial charge in [0.25, 0.3) is 0 Å². The molecule has 78 valence electrons. The summed E-state index contributed by atoms with van der Waals surface area (Å²) >= 11 is 7.35. The first-order chi connectivity index (χ1) is 6.75. The normalized spacial score (nSPS) is 22.1. The summed E-state index contributed by atoms with van der Waals surface area (Å²) in [5.74, 6) is 0. The van der Waals surface area contributed by atoms with Crippen LogP contribution in [0.5, 0.6) is 0 Å². The fraction of sp³-hybridized carbons (Fsp3) is 0.667. The molecule has 1 aliphatic rings. The Bertz CT molecular complexity index is 296. The van der Waals surface area contributed by atoms with Crippen molar-refractivity contribution in [3.05, 3.63) is 15.5 Å². The molecule has 1 fully saturated rings. The standard InChI is InChI=1S/C9H14ClN3S/c1-13(7-2-3-11-4-7)6-8-5-12-9(10)14-8/h5,7,11H,2-4,6H2,1H3/t7-/m0/s1. The zero-order valence-corrected chi connectivity index (χ0v) is 9.74. The SMILES string of the molecule is CN(Cc1cnc(Cl)s1)[C@H]1CCNC1. The molecule has 0 unspecified atom stereocenters. The van der Waals surface area contributed by atoms with Gasteiger partial charge in [0.1, 0.15) is 0 Å². The smallest absolute Gasteiger partial charge is 0.183 e. The van der Waals surface area contributed by atoms with Crippen LogP contribution in [-0.4, -0.2) is 36.1 Å². The van der Waals surface area contributed by atoms with Crippen molar-refractivity contribution in [1.82, 2.24) is 15.2 Å². The average Bonchev–Trinajstić information content (AvgIpc) is 2.75. The second-order valence-corrected chi connectivity index (χ2v) is 5.34. The van der Waals surface area contributed by atoms with E-state index in [4.69, 9.17) is 11.6 Å². The van der Waals surface area contributed by atoms with Crippen molar-refractivity contribution in [3.8, 4) is 0 Å². The number of hydrogen-bond donors (Lipinski definition) is 1. The first-order valence-electron chi connectivity index (χ1n) is 4.77. The molecule has 1 saturated heterocycles. The molecule has 1 aliphatic heterocycles. The molecule has 5 heteroatoms. The van der Waals surface area contributed by atoms with Crippen LogP contribution in [0.2, 0.25) is 4.47 Å². The Hall–Kier alpha value is -0.160. The van der Waals surface area contributed by atoms with Gasteiger partial charge >= 0.3 is 0 Å². The summed E-state index contributed by atoms with van der Waals surface area (Å²) in [6.45, 7) is 3.19. The van der Waals surface area contributed by atoms with E-state index in [0.717, 1.165) is 19.6 Å². The molecule has 0 radical (unpaired) electrons. The van der Waals surface area contributed by atoms with Crippen LogP contribution in [0, 0.1) is 0 Å². The number of halogens is 1. The van der Waals surface area contributed by atoms with Gasteiger partial charge in [0.2, 0.25) is 0 Å². The minimum atomic E-state index is 0.637. The van der Waals surface area contributed by atoms with Crippen LogP contribution in [0.15, 0.2) is 6.20 Å². The second kappa shape index (κ2) is 4.57. The molecule has 1 aromatic rings. The fourth-order valence-electron chi connectivity index (χ4n) is 1.75. The third kappa shape index (κ3) is 2.45. The number of nitrogens with one attached hydrogen (secondary N) is 1. The molecule has 0 aliphatic carbocycles. The summed E-state index contributed by atoms with van der Waals surface area (Å²) in [4.78, 5) is 7.64. The number of hydrogen-bond acceptors (Lipinski definition) is 4. The lowest BCUT2D eigenvalue weighted by Gasteiger charge is -2.22. The molecule has 0 aromatic carbocycles. The Morgan fingerprint density at radius 3 is 3.21 bits per heavy atom. The van der Waals surface area contributed by atoms with Crippen LogP contribution in [0.4, 0.5) is 0 Å². The van der Waals surface area contributed by atoms with Crippen molar-refractivity contribution in [3.63, 3.8) is 0 Å². The lowest BCUT2D eigenvalue weighted by atomic mass is 10.2. The lowest BCUT2D eigenvalue weighted by Crippen LogP contribution is -2.32. The highest BCUT2D eigenvalue weighted by Crippen LogP contribution is 2.20. The molecule has 0 spiro atoms. The Kier molecular flexibility index (Phi) is 3.38. The maximum atomic E-state index is 5.78. The van der Waals surface area contributed by atoms with E-state index in [2.05, 4.69) is 22.2 Å². The number of likely N-dealkylation sites (N-methyl/N-ethyl adjacent to an activating group) is 1. The Balaban J connectivity index is 1.90. The number of rotatable bonds is 3. The molecule has 1 N–H and O–H groups in total. The quantitative estimate of drug-likeness (QED) is 0.857. The van der Waals surface area contributed by atoms with Gasteiger partial charge in [-0.25, -0.2) is 4.98 Å². The predicted molar refractivity (Wildman–Crippen MR) is 59.9 cm³/mol. The first kappa shape index (κ1) is 10.4. The highest BCUT2D eigenvalue weighted by atomic mass is 35.5. The van der Waals surface area contributed by atoms with Crippen LogP contribution >= 0.6 is 22.9 Å².